The van der Waals surface area contributed by atoms with Gasteiger partial charge in [-0.1, -0.05) is 164 Å². The van der Waals surface area contributed by atoms with E-state index in [0.717, 1.165) is 94.5 Å². The summed E-state index contributed by atoms with van der Waals surface area (Å²) in [4.78, 5) is 4.90. The van der Waals surface area contributed by atoms with Crippen molar-refractivity contribution in [3.05, 3.63) is 302 Å². The van der Waals surface area contributed by atoms with Gasteiger partial charge < -0.3 is 36.9 Å². The molecule has 0 atom stereocenters. The van der Waals surface area contributed by atoms with Crippen LogP contribution in [0.1, 0.15) is 11.1 Å². The maximum absolute atomic E-state index is 7.30. The first-order valence-corrected chi connectivity index (χ1v) is 38.2. The summed E-state index contributed by atoms with van der Waals surface area (Å²) in [6, 6.07) is 109. The van der Waals surface area contributed by atoms with Crippen molar-refractivity contribution in [3.8, 4) is 33.9 Å². The number of hydrogen-bond acceptors (Lipinski definition) is 6. The molecule has 14 aromatic carbocycles. The molecule has 8 nitrogen and oxygen atoms in total. The van der Waals surface area contributed by atoms with Crippen LogP contribution >= 0.6 is 22.7 Å². The Hall–Kier alpha value is -13.0. The molecule has 0 fully saturated rings. The van der Waals surface area contributed by atoms with Crippen molar-refractivity contribution < 1.29 is 8.83 Å². The third-order valence-electron chi connectivity index (χ3n) is 23.9. The van der Waals surface area contributed by atoms with E-state index in [0.29, 0.717) is 0 Å². The molecule has 490 valence electrons. The Morgan fingerprint density at radius 2 is 0.717 bits per heavy atom. The van der Waals surface area contributed by atoms with Gasteiger partial charge in [0.2, 0.25) is 0 Å². The second-order valence-corrected chi connectivity index (χ2v) is 31.6. The fourth-order valence-electron chi connectivity index (χ4n) is 20.0. The minimum absolute atomic E-state index is 0.0240. The number of benzene rings is 14. The van der Waals surface area contributed by atoms with Gasteiger partial charge in [0.25, 0.3) is 13.4 Å². The van der Waals surface area contributed by atoms with E-state index >= 15 is 0 Å². The molecule has 22 aromatic rings. The van der Waals surface area contributed by atoms with Gasteiger partial charge in [0.15, 0.2) is 11.2 Å². The van der Waals surface area contributed by atoms with Crippen LogP contribution in [0.3, 0.4) is 0 Å². The number of aryl methyl sites for hydroxylation is 2. The molecule has 0 N–H and O–H groups in total. The topological polar surface area (TPSA) is 52.5 Å². The first kappa shape index (κ1) is 56.5. The third-order valence-corrected chi connectivity index (χ3v) is 26.3. The zero-order chi connectivity index (χ0) is 68.8. The van der Waals surface area contributed by atoms with Crippen LogP contribution in [0.15, 0.2) is 300 Å². The average Bonchev–Trinajstić information content (AvgIpc) is 1.45. The Kier molecular flexibility index (Phi) is 10.7. The van der Waals surface area contributed by atoms with Crippen LogP contribution in [0.25, 0.3) is 162 Å². The highest BCUT2D eigenvalue weighted by molar-refractivity contribution is 7.27. The summed E-state index contributed by atoms with van der Waals surface area (Å²) < 4.78 is 30.2. The molecule has 0 saturated carbocycles. The van der Waals surface area contributed by atoms with Gasteiger partial charge in [0.1, 0.15) is 22.2 Å². The minimum Gasteiger partial charge on any atom is -0.454 e. The first-order chi connectivity index (χ1) is 52.5. The molecule has 106 heavy (non-hydrogen) atoms. The highest BCUT2D eigenvalue weighted by atomic mass is 32.1. The SMILES string of the molecule is Cc1cc2c3c(c1)-n1c4c(cccc4c4sc5ccccc5c41)B3c1ccc(N(c3ccccc3)c3ccc(-c4ccc5oc6c7cccc8c7n(c6c5c4)-c4cc(C)cc5c4B8c4ccc(N(c6ccccc6)c6ccccc6)c6c7sc8ccccc8c7n-5c46)cc3)c3c4oc5ccccc5c4n-2c13. The van der Waals surface area contributed by atoms with E-state index < -0.39 is 0 Å². The number of para-hydroxylation sites is 6. The Labute approximate surface area is 614 Å². The number of furan rings is 2. The molecule has 8 aromatic heterocycles. The molecular formula is C94H54B2N6O2S2. The lowest BCUT2D eigenvalue weighted by Crippen LogP contribution is -2.59. The maximum atomic E-state index is 7.30. The molecule has 12 heterocycles. The highest BCUT2D eigenvalue weighted by Crippen LogP contribution is 2.53. The van der Waals surface area contributed by atoms with Crippen LogP contribution in [0.4, 0.5) is 34.1 Å². The lowest BCUT2D eigenvalue weighted by atomic mass is 9.34. The fourth-order valence-corrected chi connectivity index (χ4v) is 22.4. The van der Waals surface area contributed by atoms with Crippen molar-refractivity contribution in [2.45, 2.75) is 13.8 Å². The van der Waals surface area contributed by atoms with Crippen molar-refractivity contribution in [3.63, 3.8) is 0 Å². The second kappa shape index (κ2) is 20.0. The van der Waals surface area contributed by atoms with Gasteiger partial charge in [-0.25, -0.2) is 0 Å². The third kappa shape index (κ3) is 6.98. The summed E-state index contributed by atoms with van der Waals surface area (Å²) in [7, 11) is 0. The molecule has 0 saturated heterocycles. The largest absolute Gasteiger partial charge is 0.454 e. The Balaban J connectivity index is 0.651. The van der Waals surface area contributed by atoms with Gasteiger partial charge in [0.05, 0.1) is 59.3 Å². The average molecular weight is 1390 g/mol. The summed E-state index contributed by atoms with van der Waals surface area (Å²) in [5.41, 5.74) is 37.2. The van der Waals surface area contributed by atoms with E-state index in [9.17, 15) is 0 Å². The van der Waals surface area contributed by atoms with Gasteiger partial charge in [-0.2, -0.15) is 0 Å². The predicted molar refractivity (Wildman–Crippen MR) is 448 cm³/mol. The van der Waals surface area contributed by atoms with Crippen LogP contribution in [0, 0.1) is 13.8 Å². The van der Waals surface area contributed by atoms with Gasteiger partial charge in [-0.05, 0) is 196 Å². The van der Waals surface area contributed by atoms with Crippen molar-refractivity contribution in [1.29, 1.82) is 0 Å². The Morgan fingerprint density at radius 3 is 1.33 bits per heavy atom. The van der Waals surface area contributed by atoms with Crippen molar-refractivity contribution in [2.24, 2.45) is 0 Å². The van der Waals surface area contributed by atoms with E-state index in [1.54, 1.807) is 0 Å². The van der Waals surface area contributed by atoms with Crippen LogP contribution in [-0.4, -0.2) is 31.7 Å². The predicted octanol–water partition coefficient (Wildman–Crippen LogP) is 21.5. The monoisotopic (exact) mass is 1380 g/mol. The van der Waals surface area contributed by atoms with Crippen LogP contribution in [0.2, 0.25) is 0 Å². The minimum atomic E-state index is -0.0435. The molecule has 4 aliphatic heterocycles. The standard InChI is InChI=1S/C94H54B2N6O2S2/c1-51-46-71-81-74(49-51)102-88-61-28-14-17-35-78(61)106-94(88)80-70(97(55-20-6-3-7-21-55)56-22-8-4-9-23-56)44-42-68(90(80)102)95(81)65-31-18-29-62-83(65)99(71)86-64-50-54(38-45-76(64)103-91(62)86)53-36-39-58(40-37-53)98(57-24-10-5-11-25-57)69-43-41-67-89-79(69)92-85(59-26-12-15-33-75(59)104-92)101(89)73-48-52(2)47-72-82(73)96(67)66-32-19-30-63-84(66)100(72)87-60-27-13-16-34-77(60)105-93(63)87/h3-50H,1-2H3. The summed E-state index contributed by atoms with van der Waals surface area (Å²) in [6.07, 6.45) is 0. The Morgan fingerprint density at radius 1 is 0.292 bits per heavy atom. The van der Waals surface area contributed by atoms with Crippen molar-refractivity contribution in [1.82, 2.24) is 18.3 Å². The molecule has 26 rings (SSSR count). The number of fused-ring (bicyclic) bond motifs is 28. The zero-order valence-electron chi connectivity index (χ0n) is 57.2. The molecule has 0 unspecified atom stereocenters. The highest BCUT2D eigenvalue weighted by Gasteiger charge is 2.46. The van der Waals surface area contributed by atoms with Crippen LogP contribution < -0.4 is 42.6 Å². The molecule has 0 radical (unpaired) electrons. The molecule has 0 amide bonds. The van der Waals surface area contributed by atoms with E-state index in [1.165, 1.54) is 146 Å². The molecule has 12 heteroatoms. The quantitative estimate of drug-likeness (QED) is 0.149. The van der Waals surface area contributed by atoms with Crippen LogP contribution in [0.5, 0.6) is 0 Å². The number of thiophene rings is 2. The van der Waals surface area contributed by atoms with E-state index in [-0.39, 0.29) is 13.4 Å². The lowest BCUT2D eigenvalue weighted by molar-refractivity contribution is 0.672. The Bertz CT molecular complexity index is 7720. The zero-order valence-corrected chi connectivity index (χ0v) is 58.8. The van der Waals surface area contributed by atoms with Gasteiger partial charge in [-0.15, -0.1) is 22.7 Å². The van der Waals surface area contributed by atoms with Gasteiger partial charge in [0, 0.05) is 92.6 Å². The molecule has 0 bridgehead atoms. The number of aromatic nitrogens is 4. The molecule has 0 aliphatic carbocycles. The number of hydrogen-bond donors (Lipinski definition) is 0. The molecular weight excluding hydrogens is 1330 g/mol. The van der Waals surface area contributed by atoms with Gasteiger partial charge in [-0.3, -0.25) is 0 Å². The first-order valence-electron chi connectivity index (χ1n) is 36.5. The summed E-state index contributed by atoms with van der Waals surface area (Å²) >= 11 is 3.83. The van der Waals surface area contributed by atoms with E-state index in [1.807, 2.05) is 22.7 Å². The van der Waals surface area contributed by atoms with Crippen LogP contribution in [-0.2, 0) is 0 Å². The van der Waals surface area contributed by atoms with E-state index in [4.69, 9.17) is 8.83 Å². The molecule has 0 spiro atoms. The fraction of sp³-hybridized carbons (Fsp3) is 0.0213. The van der Waals surface area contributed by atoms with Gasteiger partial charge >= 0.3 is 0 Å². The lowest BCUT2D eigenvalue weighted by Gasteiger charge is -2.35. The summed E-state index contributed by atoms with van der Waals surface area (Å²) in [5, 5.41) is 9.55. The number of rotatable bonds is 7. The summed E-state index contributed by atoms with van der Waals surface area (Å²) in [5.74, 6) is 0. The smallest absolute Gasteiger partial charge is 0.252 e. The number of anilines is 6. The van der Waals surface area contributed by atoms with E-state index in [2.05, 4.69) is 333 Å². The van der Waals surface area contributed by atoms with Crippen molar-refractivity contribution >= 4 is 231 Å². The van der Waals surface area contributed by atoms with Crippen molar-refractivity contribution in [2.75, 3.05) is 9.80 Å². The number of nitrogens with zero attached hydrogens (tertiary/aromatic N) is 6. The maximum Gasteiger partial charge on any atom is 0.252 e. The summed E-state index contributed by atoms with van der Waals surface area (Å²) in [6.45, 7) is 4.47. The molecule has 4 aliphatic rings. The normalized spacial score (nSPS) is 13.2. The second-order valence-electron chi connectivity index (χ2n) is 29.5.